The number of hydrogen-bond acceptors (Lipinski definition) is 5. The molecular weight excluding hydrogens is 382 g/mol. The molecule has 2 atom stereocenters. The summed E-state index contributed by atoms with van der Waals surface area (Å²) in [7, 11) is 0. The number of thioether (sulfide) groups is 1. The Balaban J connectivity index is 0.00000261. The zero-order valence-electron chi connectivity index (χ0n) is 16.1. The summed E-state index contributed by atoms with van der Waals surface area (Å²) in [5.74, 6) is 2.08. The maximum Gasteiger partial charge on any atom is 0.254 e. The van der Waals surface area contributed by atoms with E-state index < -0.39 is 0 Å². The third-order valence-electron chi connectivity index (χ3n) is 5.16. The predicted molar refractivity (Wildman–Crippen MR) is 112 cm³/mol. The molecule has 5 nitrogen and oxygen atoms in total. The minimum atomic E-state index is 0. The van der Waals surface area contributed by atoms with Crippen LogP contribution in [0.3, 0.4) is 0 Å². The van der Waals surface area contributed by atoms with E-state index in [1.807, 2.05) is 49.9 Å². The molecule has 7 heteroatoms. The van der Waals surface area contributed by atoms with Crippen LogP contribution in [-0.2, 0) is 5.75 Å². The van der Waals surface area contributed by atoms with Gasteiger partial charge in [0.25, 0.3) is 5.91 Å². The van der Waals surface area contributed by atoms with Crippen LogP contribution in [0.2, 0.25) is 0 Å². The highest BCUT2D eigenvalue weighted by Crippen LogP contribution is 2.30. The smallest absolute Gasteiger partial charge is 0.254 e. The number of nitrogens with zero attached hydrogens (tertiary/aromatic N) is 2. The average Bonchev–Trinajstić information content (AvgIpc) is 2.97. The molecule has 148 valence electrons. The fourth-order valence-corrected chi connectivity index (χ4v) is 4.62. The van der Waals surface area contributed by atoms with E-state index in [1.165, 1.54) is 0 Å². The highest BCUT2D eigenvalue weighted by molar-refractivity contribution is 7.98. The van der Waals surface area contributed by atoms with Crippen molar-refractivity contribution in [2.24, 2.45) is 11.7 Å². The number of piperidine rings is 1. The van der Waals surface area contributed by atoms with Crippen LogP contribution in [0.25, 0.3) is 0 Å². The SMILES string of the molecule is Cc1noc(C)c1CSc1ccccc1C(=O)N1CCCC(C(C)N)C1.Cl. The fourth-order valence-electron chi connectivity index (χ4n) is 3.42. The van der Waals surface area contributed by atoms with Crippen LogP contribution in [-0.4, -0.2) is 35.1 Å². The lowest BCUT2D eigenvalue weighted by atomic mass is 9.92. The summed E-state index contributed by atoms with van der Waals surface area (Å²) >= 11 is 1.66. The Morgan fingerprint density at radius 2 is 2.15 bits per heavy atom. The molecule has 27 heavy (non-hydrogen) atoms. The van der Waals surface area contributed by atoms with Crippen LogP contribution in [0.1, 0.15) is 47.1 Å². The molecule has 2 aromatic rings. The molecule has 0 spiro atoms. The van der Waals surface area contributed by atoms with Crippen molar-refractivity contribution in [1.82, 2.24) is 10.1 Å². The molecule has 1 aliphatic heterocycles. The molecule has 1 saturated heterocycles. The van der Waals surface area contributed by atoms with Gasteiger partial charge < -0.3 is 15.2 Å². The van der Waals surface area contributed by atoms with Crippen molar-refractivity contribution in [2.75, 3.05) is 13.1 Å². The molecule has 3 rings (SSSR count). The van der Waals surface area contributed by atoms with E-state index in [2.05, 4.69) is 5.16 Å². The molecule has 1 aromatic carbocycles. The summed E-state index contributed by atoms with van der Waals surface area (Å²) in [4.78, 5) is 16.1. The van der Waals surface area contributed by atoms with Gasteiger partial charge in [-0.3, -0.25) is 4.79 Å². The minimum absolute atomic E-state index is 0. The number of benzene rings is 1. The second kappa shape index (κ2) is 9.62. The quantitative estimate of drug-likeness (QED) is 0.749. The summed E-state index contributed by atoms with van der Waals surface area (Å²) in [6.07, 6.45) is 2.12. The van der Waals surface area contributed by atoms with Crippen LogP contribution < -0.4 is 5.73 Å². The Labute approximate surface area is 171 Å². The number of nitrogens with two attached hydrogens (primary N) is 1. The molecule has 1 amide bonds. The van der Waals surface area contributed by atoms with E-state index in [1.54, 1.807) is 11.8 Å². The lowest BCUT2D eigenvalue weighted by Crippen LogP contribution is -2.45. The number of aromatic nitrogens is 1. The van der Waals surface area contributed by atoms with Gasteiger partial charge in [0.15, 0.2) is 0 Å². The third-order valence-corrected chi connectivity index (χ3v) is 6.26. The van der Waals surface area contributed by atoms with Crippen LogP contribution in [0.15, 0.2) is 33.7 Å². The number of hydrogen-bond donors (Lipinski definition) is 1. The summed E-state index contributed by atoms with van der Waals surface area (Å²) in [5, 5.41) is 4.01. The van der Waals surface area contributed by atoms with E-state index in [0.29, 0.717) is 5.92 Å². The van der Waals surface area contributed by atoms with Crippen molar-refractivity contribution < 1.29 is 9.32 Å². The van der Waals surface area contributed by atoms with Gasteiger partial charge in [-0.05, 0) is 51.7 Å². The molecule has 2 N–H and O–H groups in total. The third kappa shape index (κ3) is 5.06. The molecule has 0 aliphatic carbocycles. The molecule has 0 radical (unpaired) electrons. The van der Waals surface area contributed by atoms with E-state index in [0.717, 1.165) is 59.2 Å². The lowest BCUT2D eigenvalue weighted by molar-refractivity contribution is 0.0657. The molecule has 1 aliphatic rings. The Hall–Kier alpha value is -1.50. The first kappa shape index (κ1) is 21.8. The van der Waals surface area contributed by atoms with E-state index in [9.17, 15) is 4.79 Å². The fraction of sp³-hybridized carbons (Fsp3) is 0.500. The van der Waals surface area contributed by atoms with Crippen LogP contribution >= 0.6 is 24.2 Å². The molecule has 0 saturated carbocycles. The lowest BCUT2D eigenvalue weighted by Gasteiger charge is -2.35. The predicted octanol–water partition coefficient (Wildman–Crippen LogP) is 4.20. The molecular formula is C20H28ClN3O2S. The van der Waals surface area contributed by atoms with Crippen molar-refractivity contribution in [1.29, 1.82) is 0 Å². The molecule has 2 heterocycles. The second-order valence-corrected chi connectivity index (χ2v) is 8.12. The van der Waals surface area contributed by atoms with Crippen LogP contribution in [0.5, 0.6) is 0 Å². The number of halogens is 1. The van der Waals surface area contributed by atoms with Crippen molar-refractivity contribution in [2.45, 2.75) is 50.3 Å². The first-order valence-corrected chi connectivity index (χ1v) is 10.1. The van der Waals surface area contributed by atoms with E-state index in [4.69, 9.17) is 10.3 Å². The topological polar surface area (TPSA) is 72.4 Å². The van der Waals surface area contributed by atoms with Gasteiger partial charge in [-0.15, -0.1) is 24.2 Å². The minimum Gasteiger partial charge on any atom is -0.361 e. The zero-order valence-corrected chi connectivity index (χ0v) is 17.7. The summed E-state index contributed by atoms with van der Waals surface area (Å²) in [6.45, 7) is 7.47. The second-order valence-electron chi connectivity index (χ2n) is 7.10. The average molecular weight is 410 g/mol. The van der Waals surface area contributed by atoms with Crippen molar-refractivity contribution in [3.05, 3.63) is 46.8 Å². The number of likely N-dealkylation sites (tertiary alicyclic amines) is 1. The Bertz CT molecular complexity index is 759. The van der Waals surface area contributed by atoms with Gasteiger partial charge in [0.05, 0.1) is 11.3 Å². The Morgan fingerprint density at radius 3 is 2.81 bits per heavy atom. The van der Waals surface area contributed by atoms with Crippen molar-refractivity contribution in [3.8, 4) is 0 Å². The summed E-state index contributed by atoms with van der Waals surface area (Å²) < 4.78 is 5.24. The van der Waals surface area contributed by atoms with Gasteiger partial charge in [0, 0.05) is 35.3 Å². The summed E-state index contributed by atoms with van der Waals surface area (Å²) in [5.41, 5.74) is 8.86. The van der Waals surface area contributed by atoms with Gasteiger partial charge in [-0.2, -0.15) is 0 Å². The van der Waals surface area contributed by atoms with Crippen LogP contribution in [0.4, 0.5) is 0 Å². The highest BCUT2D eigenvalue weighted by atomic mass is 35.5. The Morgan fingerprint density at radius 1 is 1.41 bits per heavy atom. The van der Waals surface area contributed by atoms with Crippen molar-refractivity contribution in [3.63, 3.8) is 0 Å². The zero-order chi connectivity index (χ0) is 18.7. The Kier molecular flexibility index (Phi) is 7.77. The maximum absolute atomic E-state index is 13.1. The largest absolute Gasteiger partial charge is 0.361 e. The number of carbonyl (C=O) groups excluding carboxylic acids is 1. The van der Waals surface area contributed by atoms with E-state index >= 15 is 0 Å². The highest BCUT2D eigenvalue weighted by Gasteiger charge is 2.27. The number of rotatable bonds is 5. The number of aryl methyl sites for hydroxylation is 2. The normalized spacial score (nSPS) is 18.1. The van der Waals surface area contributed by atoms with Gasteiger partial charge in [-0.1, -0.05) is 17.3 Å². The standard InChI is InChI=1S/C20H27N3O2S.ClH/c1-13(21)16-7-6-10-23(11-16)20(24)17-8-4-5-9-19(17)26-12-18-14(2)22-25-15(18)3;/h4-5,8-9,13,16H,6-7,10-12,21H2,1-3H3;1H. The van der Waals surface area contributed by atoms with Gasteiger partial charge in [0.2, 0.25) is 0 Å². The van der Waals surface area contributed by atoms with Crippen molar-refractivity contribution >= 4 is 30.1 Å². The van der Waals surface area contributed by atoms with Gasteiger partial charge in [-0.25, -0.2) is 0 Å². The number of carbonyl (C=O) groups is 1. The summed E-state index contributed by atoms with van der Waals surface area (Å²) in [6, 6.07) is 7.97. The molecule has 1 fully saturated rings. The molecule has 0 bridgehead atoms. The van der Waals surface area contributed by atoms with Gasteiger partial charge >= 0.3 is 0 Å². The van der Waals surface area contributed by atoms with E-state index in [-0.39, 0.29) is 24.4 Å². The molecule has 2 unspecified atom stereocenters. The number of amides is 1. The first-order valence-electron chi connectivity index (χ1n) is 9.15. The van der Waals surface area contributed by atoms with Gasteiger partial charge in [0.1, 0.15) is 5.76 Å². The first-order chi connectivity index (χ1) is 12.5. The monoisotopic (exact) mass is 409 g/mol. The van der Waals surface area contributed by atoms with Crippen LogP contribution in [0, 0.1) is 19.8 Å². The maximum atomic E-state index is 13.1. The molecule has 1 aromatic heterocycles.